The molecule has 116 valence electrons. The molecule has 0 bridgehead atoms. The molecule has 2 rings (SSSR count). The number of thioether (sulfide) groups is 1. The normalized spacial score (nSPS) is 21.6. The minimum atomic E-state index is -1.08. The van der Waals surface area contributed by atoms with Crippen LogP contribution in [0.3, 0.4) is 0 Å². The fourth-order valence-corrected chi connectivity index (χ4v) is 3.48. The predicted octanol–water partition coefficient (Wildman–Crippen LogP) is 4.15. The number of benzene rings is 1. The van der Waals surface area contributed by atoms with Gasteiger partial charge in [-0.25, -0.2) is 0 Å². The lowest BCUT2D eigenvalue weighted by molar-refractivity contribution is -0.158. The maximum Gasteiger partial charge on any atom is 0.320 e. The van der Waals surface area contributed by atoms with Crippen molar-refractivity contribution in [3.63, 3.8) is 0 Å². The second-order valence-corrected chi connectivity index (χ2v) is 6.68. The maximum absolute atomic E-state index is 12.7. The van der Waals surface area contributed by atoms with Crippen LogP contribution in [-0.2, 0) is 14.3 Å². The van der Waals surface area contributed by atoms with E-state index >= 15 is 0 Å². The number of ketones is 1. The molecule has 0 N–H and O–H groups in total. The smallest absolute Gasteiger partial charge is 0.320 e. The number of carbonyl (C=O) groups is 2. The Bertz CT molecular complexity index is 618. The first-order chi connectivity index (χ1) is 10.5. The van der Waals surface area contributed by atoms with Gasteiger partial charge in [-0.3, -0.25) is 9.59 Å². The second kappa shape index (κ2) is 6.97. The number of allylic oxidation sites excluding steroid dienone is 2. The summed E-state index contributed by atoms with van der Waals surface area (Å²) in [4.78, 5) is 27.0. The molecule has 4 heteroatoms. The first-order valence-electron chi connectivity index (χ1n) is 7.24. The Kier molecular flexibility index (Phi) is 5.24. The van der Waals surface area contributed by atoms with Crippen molar-refractivity contribution in [1.82, 2.24) is 0 Å². The van der Waals surface area contributed by atoms with Gasteiger partial charge in [0.15, 0.2) is 5.78 Å². The molecule has 1 aromatic rings. The van der Waals surface area contributed by atoms with E-state index in [9.17, 15) is 9.59 Å². The minimum absolute atomic E-state index is 0.133. The highest BCUT2D eigenvalue weighted by atomic mass is 32.2. The highest BCUT2D eigenvalue weighted by Crippen LogP contribution is 2.43. The lowest BCUT2D eigenvalue weighted by Crippen LogP contribution is -2.41. The SMILES string of the molecule is C=CCOC(=O)[C@]1(C)CCC(Sc2ccccc2)=C(C)C1=O. The predicted molar refractivity (Wildman–Crippen MR) is 88.5 cm³/mol. The van der Waals surface area contributed by atoms with Crippen molar-refractivity contribution in [2.45, 2.75) is 31.6 Å². The van der Waals surface area contributed by atoms with E-state index in [4.69, 9.17) is 4.74 Å². The molecule has 1 aromatic carbocycles. The molecular weight excluding hydrogens is 296 g/mol. The van der Waals surface area contributed by atoms with E-state index in [1.165, 1.54) is 6.08 Å². The molecule has 0 aliphatic heterocycles. The number of hydrogen-bond acceptors (Lipinski definition) is 4. The Balaban J connectivity index is 2.19. The van der Waals surface area contributed by atoms with Crippen LogP contribution in [0.1, 0.15) is 26.7 Å². The molecule has 0 spiro atoms. The number of esters is 1. The van der Waals surface area contributed by atoms with Gasteiger partial charge in [0.05, 0.1) is 0 Å². The zero-order valence-electron chi connectivity index (χ0n) is 12.9. The summed E-state index contributed by atoms with van der Waals surface area (Å²) in [5.74, 6) is -0.591. The number of ether oxygens (including phenoxy) is 1. The second-order valence-electron chi connectivity index (χ2n) is 5.51. The monoisotopic (exact) mass is 316 g/mol. The lowest BCUT2D eigenvalue weighted by Gasteiger charge is -2.31. The molecule has 0 saturated carbocycles. The van der Waals surface area contributed by atoms with Crippen LogP contribution in [-0.4, -0.2) is 18.4 Å². The van der Waals surface area contributed by atoms with Crippen molar-refractivity contribution >= 4 is 23.5 Å². The van der Waals surface area contributed by atoms with Crippen molar-refractivity contribution in [2.24, 2.45) is 5.41 Å². The fraction of sp³-hybridized carbons (Fsp3) is 0.333. The topological polar surface area (TPSA) is 43.4 Å². The fourth-order valence-electron chi connectivity index (χ4n) is 2.45. The van der Waals surface area contributed by atoms with Gasteiger partial charge in [-0.05, 0) is 43.7 Å². The molecule has 0 radical (unpaired) electrons. The summed E-state index contributed by atoms with van der Waals surface area (Å²) in [7, 11) is 0. The van der Waals surface area contributed by atoms with Gasteiger partial charge in [-0.1, -0.05) is 42.6 Å². The maximum atomic E-state index is 12.7. The van der Waals surface area contributed by atoms with Crippen LogP contribution >= 0.6 is 11.8 Å². The third kappa shape index (κ3) is 3.33. The Labute approximate surface area is 135 Å². The molecule has 0 aromatic heterocycles. The summed E-state index contributed by atoms with van der Waals surface area (Å²) >= 11 is 1.60. The third-order valence-electron chi connectivity index (χ3n) is 3.88. The Morgan fingerprint density at radius 3 is 2.73 bits per heavy atom. The average molecular weight is 316 g/mol. The zero-order chi connectivity index (χ0) is 16.2. The molecule has 1 aliphatic rings. The molecule has 1 atom stereocenters. The van der Waals surface area contributed by atoms with E-state index in [0.717, 1.165) is 9.80 Å². The van der Waals surface area contributed by atoms with Crippen molar-refractivity contribution < 1.29 is 14.3 Å². The summed E-state index contributed by atoms with van der Waals surface area (Å²) in [5, 5.41) is 0. The number of Topliss-reactive ketones (excluding diaryl/α,β-unsaturated/α-hetero) is 1. The van der Waals surface area contributed by atoms with E-state index in [1.54, 1.807) is 25.6 Å². The average Bonchev–Trinajstić information content (AvgIpc) is 2.54. The highest BCUT2D eigenvalue weighted by molar-refractivity contribution is 8.03. The van der Waals surface area contributed by atoms with Gasteiger partial charge in [-0.2, -0.15) is 0 Å². The van der Waals surface area contributed by atoms with Gasteiger partial charge in [-0.15, -0.1) is 0 Å². The van der Waals surface area contributed by atoms with E-state index < -0.39 is 11.4 Å². The first kappa shape index (κ1) is 16.6. The van der Waals surface area contributed by atoms with E-state index in [1.807, 2.05) is 30.3 Å². The van der Waals surface area contributed by atoms with E-state index in [2.05, 4.69) is 6.58 Å². The van der Waals surface area contributed by atoms with Crippen molar-refractivity contribution in [2.75, 3.05) is 6.61 Å². The summed E-state index contributed by atoms with van der Waals surface area (Å²) in [6.07, 6.45) is 2.69. The summed E-state index contributed by atoms with van der Waals surface area (Å²) in [5.41, 5.74) is -0.411. The van der Waals surface area contributed by atoms with Gasteiger partial charge < -0.3 is 4.74 Å². The first-order valence-corrected chi connectivity index (χ1v) is 8.06. The van der Waals surface area contributed by atoms with Crippen LogP contribution < -0.4 is 0 Å². The molecular formula is C18H20O3S. The van der Waals surface area contributed by atoms with Crippen molar-refractivity contribution in [3.05, 3.63) is 53.5 Å². The highest BCUT2D eigenvalue weighted by Gasteiger charge is 2.45. The Morgan fingerprint density at radius 2 is 2.09 bits per heavy atom. The van der Waals surface area contributed by atoms with E-state index in [0.29, 0.717) is 18.4 Å². The van der Waals surface area contributed by atoms with Crippen molar-refractivity contribution in [1.29, 1.82) is 0 Å². The van der Waals surface area contributed by atoms with Crippen LogP contribution in [0, 0.1) is 5.41 Å². The summed E-state index contributed by atoms with van der Waals surface area (Å²) in [6.45, 7) is 7.13. The van der Waals surface area contributed by atoms with Gasteiger partial charge in [0.2, 0.25) is 0 Å². The van der Waals surface area contributed by atoms with E-state index in [-0.39, 0.29) is 12.4 Å². The Hall–Kier alpha value is -1.81. The van der Waals surface area contributed by atoms with Gasteiger partial charge in [0, 0.05) is 10.5 Å². The van der Waals surface area contributed by atoms with Gasteiger partial charge >= 0.3 is 5.97 Å². The van der Waals surface area contributed by atoms with Crippen LogP contribution in [0.25, 0.3) is 0 Å². The third-order valence-corrected chi connectivity index (χ3v) is 5.14. The molecule has 3 nitrogen and oxygen atoms in total. The molecule has 0 amide bonds. The number of carbonyl (C=O) groups excluding carboxylic acids is 2. The zero-order valence-corrected chi connectivity index (χ0v) is 13.7. The summed E-state index contributed by atoms with van der Waals surface area (Å²) in [6, 6.07) is 9.94. The Morgan fingerprint density at radius 1 is 1.41 bits per heavy atom. The van der Waals surface area contributed by atoms with Crippen LogP contribution in [0.15, 0.2) is 58.4 Å². The standard InChI is InChI=1S/C18H20O3S/c1-4-12-21-17(20)18(3)11-10-15(13(2)16(18)19)22-14-8-6-5-7-9-14/h4-9H,1,10-12H2,2-3H3/t18-/m1/s1. The van der Waals surface area contributed by atoms with Crippen LogP contribution in [0.2, 0.25) is 0 Å². The number of hydrogen-bond donors (Lipinski definition) is 0. The molecule has 22 heavy (non-hydrogen) atoms. The largest absolute Gasteiger partial charge is 0.461 e. The lowest BCUT2D eigenvalue weighted by atomic mass is 9.74. The number of rotatable bonds is 5. The quantitative estimate of drug-likeness (QED) is 0.465. The van der Waals surface area contributed by atoms with Crippen LogP contribution in [0.4, 0.5) is 0 Å². The molecule has 0 saturated heterocycles. The van der Waals surface area contributed by atoms with Crippen LogP contribution in [0.5, 0.6) is 0 Å². The minimum Gasteiger partial charge on any atom is -0.461 e. The summed E-state index contributed by atoms with van der Waals surface area (Å²) < 4.78 is 5.10. The van der Waals surface area contributed by atoms with Crippen molar-refractivity contribution in [3.8, 4) is 0 Å². The van der Waals surface area contributed by atoms with Gasteiger partial charge in [0.1, 0.15) is 12.0 Å². The molecule has 0 fully saturated rings. The molecule has 1 aliphatic carbocycles. The van der Waals surface area contributed by atoms with Gasteiger partial charge in [0.25, 0.3) is 0 Å². The molecule has 0 unspecified atom stereocenters. The molecule has 0 heterocycles.